The molecule has 2 atom stereocenters. The molecule has 0 amide bonds. The first kappa shape index (κ1) is 9.41. The number of carboxylic acid groups (broad SMARTS) is 1. The normalized spacial score (nSPS) is 19.1. The lowest BCUT2D eigenvalue weighted by Gasteiger charge is -1.99. The number of aliphatic carboxylic acids is 1. The second kappa shape index (κ2) is 3.00. The summed E-state index contributed by atoms with van der Waals surface area (Å²) in [4.78, 5) is 10.0. The molecule has 0 aromatic rings. The molecule has 0 aliphatic rings. The molecule has 1 unspecified atom stereocenters. The Morgan fingerprint density at radius 3 is 2.30 bits per heavy atom. The van der Waals surface area contributed by atoms with E-state index in [9.17, 15) is 9.00 Å². The molecule has 0 aliphatic heterocycles. The molecular weight excluding hydrogens is 156 g/mol. The Morgan fingerprint density at radius 1 is 1.80 bits per heavy atom. The summed E-state index contributed by atoms with van der Waals surface area (Å²) < 4.78 is 10.7. The van der Waals surface area contributed by atoms with E-state index in [-0.39, 0.29) is 0 Å². The van der Waals surface area contributed by atoms with Gasteiger partial charge in [0.15, 0.2) is 0 Å². The SMILES string of the molecule is CS(N)(=O)=C[C@H](N)C(=O)O. The molecule has 0 saturated heterocycles. The highest BCUT2D eigenvalue weighted by Crippen LogP contribution is 1.75. The van der Waals surface area contributed by atoms with Gasteiger partial charge in [-0.15, -0.1) is 0 Å². The van der Waals surface area contributed by atoms with E-state index in [1.54, 1.807) is 0 Å². The number of carbonyl (C=O) groups is 1. The molecule has 0 aliphatic carbocycles. The van der Waals surface area contributed by atoms with E-state index in [0.29, 0.717) is 0 Å². The van der Waals surface area contributed by atoms with Crippen LogP contribution in [0.15, 0.2) is 0 Å². The van der Waals surface area contributed by atoms with Crippen molar-refractivity contribution < 1.29 is 14.1 Å². The van der Waals surface area contributed by atoms with Gasteiger partial charge in [0.1, 0.15) is 6.04 Å². The lowest BCUT2D eigenvalue weighted by Crippen LogP contribution is -2.35. The van der Waals surface area contributed by atoms with Gasteiger partial charge in [0.2, 0.25) is 0 Å². The molecule has 0 rings (SSSR count). The molecule has 6 heteroatoms. The van der Waals surface area contributed by atoms with Crippen molar-refractivity contribution in [1.82, 2.24) is 0 Å². The number of nitrogens with two attached hydrogens (primary N) is 2. The maximum atomic E-state index is 10.7. The molecule has 10 heavy (non-hydrogen) atoms. The van der Waals surface area contributed by atoms with Gasteiger partial charge in [-0.3, -0.25) is 14.1 Å². The van der Waals surface area contributed by atoms with E-state index in [2.05, 4.69) is 0 Å². The molecule has 0 radical (unpaired) electrons. The van der Waals surface area contributed by atoms with Gasteiger partial charge in [-0.2, -0.15) is 0 Å². The van der Waals surface area contributed by atoms with Crippen LogP contribution >= 0.6 is 0 Å². The summed E-state index contributed by atoms with van der Waals surface area (Å²) in [6.45, 7) is 0. The molecule has 0 saturated carbocycles. The van der Waals surface area contributed by atoms with Gasteiger partial charge >= 0.3 is 5.97 Å². The van der Waals surface area contributed by atoms with E-state index < -0.39 is 21.7 Å². The van der Waals surface area contributed by atoms with E-state index in [1.165, 1.54) is 6.26 Å². The standard InChI is InChI=1S/C4H10N2O3S/c1-10(6,9)2-3(5)4(7)8/h2-3H,5H2,1H3,(H2,6,9)(H,7,8)/t3-,10?/m0/s1. The topological polar surface area (TPSA) is 106 Å². The second-order valence-electron chi connectivity index (χ2n) is 1.97. The van der Waals surface area contributed by atoms with Crippen LogP contribution < -0.4 is 10.9 Å². The smallest absolute Gasteiger partial charge is 0.325 e. The average Bonchev–Trinajstić information content (AvgIpc) is 1.60. The first-order valence-electron chi connectivity index (χ1n) is 2.43. The zero-order valence-electron chi connectivity index (χ0n) is 5.48. The summed E-state index contributed by atoms with van der Waals surface area (Å²) in [6.07, 6.45) is 1.22. The van der Waals surface area contributed by atoms with Gasteiger partial charge in [0.25, 0.3) is 0 Å². The molecule has 0 spiro atoms. The van der Waals surface area contributed by atoms with Gasteiger partial charge in [-0.1, -0.05) is 0 Å². The van der Waals surface area contributed by atoms with Crippen LogP contribution in [-0.2, 0) is 14.5 Å². The summed E-state index contributed by atoms with van der Waals surface area (Å²) in [7, 11) is -2.65. The van der Waals surface area contributed by atoms with Crippen molar-refractivity contribution in [1.29, 1.82) is 0 Å². The van der Waals surface area contributed by atoms with Crippen molar-refractivity contribution in [3.8, 4) is 0 Å². The molecule has 0 aromatic heterocycles. The number of rotatable bonds is 2. The van der Waals surface area contributed by atoms with Gasteiger partial charge in [0, 0.05) is 21.3 Å². The third kappa shape index (κ3) is 4.30. The van der Waals surface area contributed by atoms with Gasteiger partial charge in [-0.25, -0.2) is 0 Å². The fraction of sp³-hybridized carbons (Fsp3) is 0.500. The van der Waals surface area contributed by atoms with E-state index in [1.807, 2.05) is 0 Å². The summed E-state index contributed by atoms with van der Waals surface area (Å²) in [5.41, 5.74) is 4.99. The molecule has 5 nitrogen and oxygen atoms in total. The van der Waals surface area contributed by atoms with Crippen molar-refractivity contribution in [2.75, 3.05) is 6.26 Å². The van der Waals surface area contributed by atoms with E-state index >= 15 is 0 Å². The predicted molar refractivity (Wildman–Crippen MR) is 39.9 cm³/mol. The maximum absolute atomic E-state index is 10.7. The second-order valence-corrected chi connectivity index (χ2v) is 4.17. The van der Waals surface area contributed by atoms with Gasteiger partial charge in [-0.05, 0) is 0 Å². The van der Waals surface area contributed by atoms with Crippen molar-refractivity contribution in [3.63, 3.8) is 0 Å². The van der Waals surface area contributed by atoms with Crippen molar-refractivity contribution >= 4 is 21.0 Å². The first-order chi connectivity index (χ1) is 4.33. The summed E-state index contributed by atoms with van der Waals surface area (Å²) in [5, 5.41) is 14.1. The van der Waals surface area contributed by atoms with Crippen molar-refractivity contribution in [3.05, 3.63) is 0 Å². The lowest BCUT2D eigenvalue weighted by atomic mass is 10.4. The first-order valence-corrected chi connectivity index (χ1v) is 4.52. The van der Waals surface area contributed by atoms with Crippen LogP contribution in [-0.4, -0.2) is 32.9 Å². The Kier molecular flexibility index (Phi) is 2.82. The Balaban J connectivity index is 4.45. The monoisotopic (exact) mass is 166 g/mol. The quantitative estimate of drug-likeness (QED) is 0.412. The fourth-order valence-corrected chi connectivity index (χ4v) is 1.05. The summed E-state index contributed by atoms with van der Waals surface area (Å²) >= 11 is 0. The Labute approximate surface area is 59.2 Å². The van der Waals surface area contributed by atoms with E-state index in [4.69, 9.17) is 16.0 Å². The number of carboxylic acids is 1. The molecule has 0 fully saturated rings. The molecule has 0 heterocycles. The minimum atomic E-state index is -2.65. The van der Waals surface area contributed by atoms with Crippen LogP contribution in [0.5, 0.6) is 0 Å². The number of hydrogen-bond acceptors (Lipinski definition) is 3. The van der Waals surface area contributed by atoms with Crippen molar-refractivity contribution in [2.24, 2.45) is 10.9 Å². The Hall–Kier alpha value is -0.590. The number of hydrogen-bond donors (Lipinski definition) is 3. The maximum Gasteiger partial charge on any atom is 0.325 e. The van der Waals surface area contributed by atoms with Crippen LogP contribution in [0, 0.1) is 0 Å². The minimum absolute atomic E-state index is 0.912. The van der Waals surface area contributed by atoms with E-state index in [0.717, 1.165) is 5.37 Å². The Bertz CT molecular complexity index is 233. The van der Waals surface area contributed by atoms with Crippen molar-refractivity contribution in [2.45, 2.75) is 6.04 Å². The van der Waals surface area contributed by atoms with Crippen LogP contribution in [0.1, 0.15) is 0 Å². The lowest BCUT2D eigenvalue weighted by molar-refractivity contribution is -0.136. The predicted octanol–water partition coefficient (Wildman–Crippen LogP) is -2.01. The zero-order chi connectivity index (χ0) is 8.36. The largest absolute Gasteiger partial charge is 0.480 e. The fourth-order valence-electron chi connectivity index (χ4n) is 0.349. The summed E-state index contributed by atoms with van der Waals surface area (Å²) in [5.74, 6) is -1.24. The third-order valence-electron chi connectivity index (χ3n) is 0.702. The molecule has 0 bridgehead atoms. The average molecular weight is 166 g/mol. The zero-order valence-corrected chi connectivity index (χ0v) is 6.30. The van der Waals surface area contributed by atoms with Gasteiger partial charge in [0.05, 0.1) is 0 Å². The van der Waals surface area contributed by atoms with Gasteiger partial charge < -0.3 is 10.8 Å². The van der Waals surface area contributed by atoms with Crippen LogP contribution in [0.25, 0.3) is 0 Å². The minimum Gasteiger partial charge on any atom is -0.480 e. The Morgan fingerprint density at radius 2 is 2.20 bits per heavy atom. The molecule has 5 N–H and O–H groups in total. The third-order valence-corrected chi connectivity index (χ3v) is 1.54. The van der Waals surface area contributed by atoms with Crippen LogP contribution in [0.4, 0.5) is 0 Å². The van der Waals surface area contributed by atoms with Crippen LogP contribution in [0.2, 0.25) is 0 Å². The highest BCUT2D eigenvalue weighted by atomic mass is 32.2. The highest BCUT2D eigenvalue weighted by molar-refractivity contribution is 7.98. The molecular formula is C4H10N2O3S. The summed E-state index contributed by atoms with van der Waals surface area (Å²) in [6, 6.07) is -1.25. The molecule has 0 aromatic carbocycles. The molecule has 60 valence electrons. The highest BCUT2D eigenvalue weighted by Gasteiger charge is 2.08. The van der Waals surface area contributed by atoms with Crippen LogP contribution in [0.3, 0.4) is 0 Å².